The number of aromatic nitrogens is 3. The van der Waals surface area contributed by atoms with E-state index in [0.717, 1.165) is 19.3 Å². The van der Waals surface area contributed by atoms with Gasteiger partial charge in [0.25, 0.3) is 0 Å². The van der Waals surface area contributed by atoms with Crippen LogP contribution < -0.4 is 4.72 Å². The van der Waals surface area contributed by atoms with E-state index >= 15 is 0 Å². The maximum atomic E-state index is 11.7. The molecule has 1 aliphatic carbocycles. The van der Waals surface area contributed by atoms with Crippen molar-refractivity contribution < 1.29 is 8.42 Å². The van der Waals surface area contributed by atoms with Crippen LogP contribution in [0.1, 0.15) is 38.5 Å². The molecule has 7 heteroatoms. The molecule has 96 valence electrons. The van der Waals surface area contributed by atoms with Gasteiger partial charge in [0.1, 0.15) is 6.33 Å². The highest BCUT2D eigenvalue weighted by Gasteiger charge is 2.18. The standard InChI is InChI=1S/C10H18N4O2S/c15-17(16,14-10-11-8-12-13-10)7-6-9-4-2-1-3-5-9/h8-9H,1-7H2,(H2,11,12,13,14). The van der Waals surface area contributed by atoms with Crippen LogP contribution in [0.2, 0.25) is 0 Å². The Morgan fingerprint density at radius 3 is 2.76 bits per heavy atom. The van der Waals surface area contributed by atoms with Gasteiger partial charge >= 0.3 is 0 Å². The molecule has 0 saturated heterocycles. The van der Waals surface area contributed by atoms with Crippen molar-refractivity contribution in [2.24, 2.45) is 5.92 Å². The molecule has 17 heavy (non-hydrogen) atoms. The topological polar surface area (TPSA) is 87.7 Å². The molecule has 1 heterocycles. The first-order chi connectivity index (χ1) is 8.16. The van der Waals surface area contributed by atoms with Crippen LogP contribution in [0.25, 0.3) is 0 Å². The maximum absolute atomic E-state index is 11.7. The molecule has 0 bridgehead atoms. The van der Waals surface area contributed by atoms with Gasteiger partial charge in [-0.15, -0.1) is 0 Å². The average molecular weight is 258 g/mol. The molecule has 1 saturated carbocycles. The van der Waals surface area contributed by atoms with Crippen molar-refractivity contribution in [1.82, 2.24) is 15.2 Å². The summed E-state index contributed by atoms with van der Waals surface area (Å²) in [5, 5.41) is 6.07. The summed E-state index contributed by atoms with van der Waals surface area (Å²) in [5.41, 5.74) is 0. The van der Waals surface area contributed by atoms with Gasteiger partial charge in [-0.3, -0.25) is 4.72 Å². The van der Waals surface area contributed by atoms with E-state index in [9.17, 15) is 8.42 Å². The van der Waals surface area contributed by atoms with Gasteiger partial charge in [0.05, 0.1) is 5.75 Å². The number of H-pyrrole nitrogens is 1. The summed E-state index contributed by atoms with van der Waals surface area (Å²) in [6, 6.07) is 0. The molecular weight excluding hydrogens is 240 g/mol. The lowest BCUT2D eigenvalue weighted by molar-refractivity contribution is 0.350. The number of aromatic amines is 1. The molecule has 0 unspecified atom stereocenters. The minimum Gasteiger partial charge on any atom is -0.252 e. The van der Waals surface area contributed by atoms with Gasteiger partial charge in [-0.1, -0.05) is 32.1 Å². The summed E-state index contributed by atoms with van der Waals surface area (Å²) in [4.78, 5) is 3.74. The first kappa shape index (κ1) is 12.3. The minimum atomic E-state index is -3.29. The molecule has 2 N–H and O–H groups in total. The number of nitrogens with zero attached hydrogens (tertiary/aromatic N) is 2. The van der Waals surface area contributed by atoms with Gasteiger partial charge < -0.3 is 0 Å². The van der Waals surface area contributed by atoms with Gasteiger partial charge in [-0.25, -0.2) is 13.5 Å². The third-order valence-corrected chi connectivity index (χ3v) is 4.46. The van der Waals surface area contributed by atoms with Crippen LogP contribution in [-0.2, 0) is 10.0 Å². The Morgan fingerprint density at radius 1 is 1.35 bits per heavy atom. The summed E-state index contributed by atoms with van der Waals surface area (Å²) in [6.07, 6.45) is 8.11. The van der Waals surface area contributed by atoms with Gasteiger partial charge in [0.2, 0.25) is 16.0 Å². The Bertz CT molecular complexity index is 423. The summed E-state index contributed by atoms with van der Waals surface area (Å²) >= 11 is 0. The first-order valence-corrected chi connectivity index (χ1v) is 7.67. The highest BCUT2D eigenvalue weighted by atomic mass is 32.2. The first-order valence-electron chi connectivity index (χ1n) is 6.01. The van der Waals surface area contributed by atoms with Crippen LogP contribution in [0.15, 0.2) is 6.33 Å². The lowest BCUT2D eigenvalue weighted by atomic mass is 9.88. The van der Waals surface area contributed by atoms with E-state index in [1.807, 2.05) is 0 Å². The molecule has 0 radical (unpaired) electrons. The molecular formula is C10H18N4O2S. The van der Waals surface area contributed by atoms with Crippen LogP contribution >= 0.6 is 0 Å². The lowest BCUT2D eigenvalue weighted by Gasteiger charge is -2.21. The Morgan fingerprint density at radius 2 is 2.12 bits per heavy atom. The minimum absolute atomic E-state index is 0.165. The van der Waals surface area contributed by atoms with E-state index in [2.05, 4.69) is 19.9 Å². The van der Waals surface area contributed by atoms with Crippen LogP contribution in [0, 0.1) is 5.92 Å². The molecule has 1 aromatic rings. The Hall–Kier alpha value is -1.11. The third kappa shape index (κ3) is 3.99. The van der Waals surface area contributed by atoms with Gasteiger partial charge in [0, 0.05) is 0 Å². The van der Waals surface area contributed by atoms with Gasteiger partial charge in [-0.2, -0.15) is 10.1 Å². The van der Waals surface area contributed by atoms with Crippen molar-refractivity contribution >= 4 is 16.0 Å². The summed E-state index contributed by atoms with van der Waals surface area (Å²) < 4.78 is 25.9. The van der Waals surface area contributed by atoms with E-state index in [1.54, 1.807) is 0 Å². The van der Waals surface area contributed by atoms with Crippen LogP contribution in [0.3, 0.4) is 0 Å². The number of hydrogen-bond acceptors (Lipinski definition) is 4. The largest absolute Gasteiger partial charge is 0.252 e. The summed E-state index contributed by atoms with van der Waals surface area (Å²) in [5.74, 6) is 0.918. The van der Waals surface area contributed by atoms with E-state index < -0.39 is 10.0 Å². The predicted octanol–water partition coefficient (Wildman–Crippen LogP) is 1.52. The molecule has 6 nitrogen and oxygen atoms in total. The molecule has 0 aromatic carbocycles. The molecule has 2 rings (SSSR count). The van der Waals surface area contributed by atoms with Crippen molar-refractivity contribution in [2.45, 2.75) is 38.5 Å². The zero-order valence-corrected chi connectivity index (χ0v) is 10.5. The molecule has 0 amide bonds. The lowest BCUT2D eigenvalue weighted by Crippen LogP contribution is -2.20. The molecule has 1 aromatic heterocycles. The number of hydrogen-bond donors (Lipinski definition) is 2. The number of rotatable bonds is 5. The average Bonchev–Trinajstić information content (AvgIpc) is 2.80. The van der Waals surface area contributed by atoms with Crippen molar-refractivity contribution in [1.29, 1.82) is 0 Å². The van der Waals surface area contributed by atoms with Crippen LogP contribution in [0.5, 0.6) is 0 Å². The third-order valence-electron chi connectivity index (χ3n) is 3.19. The molecule has 0 aliphatic heterocycles. The molecule has 0 spiro atoms. The fourth-order valence-corrected chi connectivity index (χ4v) is 3.39. The quantitative estimate of drug-likeness (QED) is 0.838. The Labute approximate surface area is 101 Å². The fourth-order valence-electron chi connectivity index (χ4n) is 2.25. The normalized spacial score (nSPS) is 18.1. The summed E-state index contributed by atoms with van der Waals surface area (Å²) in [6.45, 7) is 0. The van der Waals surface area contributed by atoms with E-state index in [-0.39, 0.29) is 11.7 Å². The van der Waals surface area contributed by atoms with Gasteiger partial charge in [0.15, 0.2) is 0 Å². The van der Waals surface area contributed by atoms with Crippen molar-refractivity contribution in [3.8, 4) is 0 Å². The molecule has 1 aliphatic rings. The number of sulfonamides is 1. The SMILES string of the molecule is O=S(=O)(CCC1CCCCC1)Nc1ncn[nH]1. The van der Waals surface area contributed by atoms with Crippen LogP contribution in [-0.4, -0.2) is 29.4 Å². The van der Waals surface area contributed by atoms with Crippen molar-refractivity contribution in [3.63, 3.8) is 0 Å². The second-order valence-corrected chi connectivity index (χ2v) is 6.39. The zero-order valence-electron chi connectivity index (χ0n) is 9.72. The van der Waals surface area contributed by atoms with E-state index in [1.165, 1.54) is 25.6 Å². The van der Waals surface area contributed by atoms with Crippen molar-refractivity contribution in [2.75, 3.05) is 10.5 Å². The van der Waals surface area contributed by atoms with Gasteiger partial charge in [-0.05, 0) is 12.3 Å². The fraction of sp³-hybridized carbons (Fsp3) is 0.800. The monoisotopic (exact) mass is 258 g/mol. The van der Waals surface area contributed by atoms with E-state index in [0.29, 0.717) is 5.92 Å². The smallest absolute Gasteiger partial charge is 0.235 e. The molecule has 1 fully saturated rings. The van der Waals surface area contributed by atoms with Crippen LogP contribution in [0.4, 0.5) is 5.95 Å². The Kier molecular flexibility index (Phi) is 3.98. The van der Waals surface area contributed by atoms with Crippen molar-refractivity contribution in [3.05, 3.63) is 6.33 Å². The second kappa shape index (κ2) is 5.48. The second-order valence-electron chi connectivity index (χ2n) is 4.55. The maximum Gasteiger partial charge on any atom is 0.235 e. The number of nitrogens with one attached hydrogen (secondary N) is 2. The zero-order chi connectivity index (χ0) is 12.1. The number of anilines is 1. The summed E-state index contributed by atoms with van der Waals surface area (Å²) in [7, 11) is -3.29. The highest BCUT2D eigenvalue weighted by Crippen LogP contribution is 2.26. The Balaban J connectivity index is 1.80. The highest BCUT2D eigenvalue weighted by molar-refractivity contribution is 7.92. The predicted molar refractivity (Wildman–Crippen MR) is 65.0 cm³/mol. The molecule has 0 atom stereocenters. The van der Waals surface area contributed by atoms with E-state index in [4.69, 9.17) is 0 Å².